The Morgan fingerprint density at radius 1 is 1.50 bits per heavy atom. The van der Waals surface area contributed by atoms with Crippen LogP contribution in [0.25, 0.3) is 0 Å². The molecular weight excluding hydrogens is 284 g/mol. The Bertz CT molecular complexity index is 474. The maximum atomic E-state index is 6.34. The predicted molar refractivity (Wildman–Crippen MR) is 86.1 cm³/mol. The second-order valence-electron chi connectivity index (χ2n) is 5.06. The van der Waals surface area contributed by atoms with Gasteiger partial charge in [0, 0.05) is 29.2 Å². The van der Waals surface area contributed by atoms with E-state index >= 15 is 0 Å². The minimum Gasteiger partial charge on any atom is -0.389 e. The molecule has 2 N–H and O–H groups in total. The number of benzene rings is 1. The monoisotopic (exact) mass is 300 g/mol. The summed E-state index contributed by atoms with van der Waals surface area (Å²) in [5, 5.41) is 0.725. The lowest BCUT2D eigenvalue weighted by atomic mass is 10.1. The Morgan fingerprint density at radius 2 is 2.22 bits per heavy atom. The van der Waals surface area contributed by atoms with E-state index in [2.05, 4.69) is 18.7 Å². The number of thiocarbonyl (C=S) groups is 1. The zero-order valence-electron chi connectivity index (χ0n) is 10.6. The van der Waals surface area contributed by atoms with Crippen LogP contribution in [-0.2, 0) is 0 Å². The van der Waals surface area contributed by atoms with E-state index < -0.39 is 0 Å². The maximum Gasteiger partial charge on any atom is 0.104 e. The molecule has 18 heavy (non-hydrogen) atoms. The quantitative estimate of drug-likeness (QED) is 0.849. The zero-order valence-corrected chi connectivity index (χ0v) is 13.0. The van der Waals surface area contributed by atoms with Crippen molar-refractivity contribution in [2.24, 2.45) is 5.73 Å². The van der Waals surface area contributed by atoms with Crippen molar-refractivity contribution >= 4 is 46.3 Å². The normalized spacial score (nSPS) is 18.7. The van der Waals surface area contributed by atoms with Crippen molar-refractivity contribution < 1.29 is 0 Å². The third-order valence-electron chi connectivity index (χ3n) is 3.00. The fraction of sp³-hybridized carbons (Fsp3) is 0.462. The van der Waals surface area contributed by atoms with E-state index in [1.54, 1.807) is 0 Å². The smallest absolute Gasteiger partial charge is 0.104 e. The molecule has 0 spiro atoms. The van der Waals surface area contributed by atoms with Crippen molar-refractivity contribution in [2.45, 2.75) is 18.6 Å². The van der Waals surface area contributed by atoms with E-state index in [0.717, 1.165) is 35.1 Å². The number of hydrogen-bond donors (Lipinski definition) is 1. The molecule has 98 valence electrons. The molecule has 0 radical (unpaired) electrons. The molecule has 5 heteroatoms. The number of thioether (sulfide) groups is 1. The van der Waals surface area contributed by atoms with E-state index in [0.29, 0.717) is 4.99 Å². The molecule has 0 atom stereocenters. The van der Waals surface area contributed by atoms with Crippen LogP contribution in [0, 0.1) is 0 Å². The van der Waals surface area contributed by atoms with Crippen LogP contribution < -0.4 is 10.6 Å². The lowest BCUT2D eigenvalue weighted by Crippen LogP contribution is -2.43. The fourth-order valence-electron chi connectivity index (χ4n) is 2.14. The van der Waals surface area contributed by atoms with E-state index in [1.807, 2.05) is 30.0 Å². The van der Waals surface area contributed by atoms with Gasteiger partial charge in [-0.2, -0.15) is 11.8 Å². The molecule has 0 amide bonds. The number of hydrogen-bond acceptors (Lipinski definition) is 3. The minimum atomic E-state index is 0.267. The SMILES string of the molecule is CC1(C)CN(c2ccc(C(N)=S)cc2Cl)CCS1. The van der Waals surface area contributed by atoms with Crippen molar-refractivity contribution in [1.29, 1.82) is 0 Å². The molecular formula is C13H17ClN2S2. The van der Waals surface area contributed by atoms with Crippen molar-refractivity contribution in [1.82, 2.24) is 0 Å². The largest absolute Gasteiger partial charge is 0.389 e. The van der Waals surface area contributed by atoms with Gasteiger partial charge in [0.25, 0.3) is 0 Å². The Balaban J connectivity index is 2.26. The Morgan fingerprint density at radius 3 is 2.78 bits per heavy atom. The van der Waals surface area contributed by atoms with Gasteiger partial charge in [-0.3, -0.25) is 0 Å². The first-order chi connectivity index (χ1) is 8.39. The topological polar surface area (TPSA) is 29.3 Å². The summed E-state index contributed by atoms with van der Waals surface area (Å²) in [6, 6.07) is 5.81. The summed E-state index contributed by atoms with van der Waals surface area (Å²) in [6.45, 7) is 6.56. The number of rotatable bonds is 2. The van der Waals surface area contributed by atoms with Gasteiger partial charge in [-0.15, -0.1) is 0 Å². The van der Waals surface area contributed by atoms with E-state index in [1.165, 1.54) is 0 Å². The highest BCUT2D eigenvalue weighted by Crippen LogP contribution is 2.35. The van der Waals surface area contributed by atoms with Crippen LogP contribution in [0.4, 0.5) is 5.69 Å². The van der Waals surface area contributed by atoms with Gasteiger partial charge in [0.05, 0.1) is 10.7 Å². The molecule has 1 aromatic rings. The molecule has 2 rings (SSSR count). The first-order valence-corrected chi connectivity index (χ1v) is 7.64. The standard InChI is InChI=1S/C13H17ClN2S2/c1-13(2)8-16(5-6-18-13)11-4-3-9(12(15)17)7-10(11)14/h3-4,7H,5-6,8H2,1-2H3,(H2,15,17). The molecule has 1 aliphatic heterocycles. The minimum absolute atomic E-state index is 0.267. The zero-order chi connectivity index (χ0) is 13.3. The maximum absolute atomic E-state index is 6.34. The summed E-state index contributed by atoms with van der Waals surface area (Å²) in [4.78, 5) is 2.72. The van der Waals surface area contributed by atoms with E-state index in [-0.39, 0.29) is 4.75 Å². The van der Waals surface area contributed by atoms with E-state index in [4.69, 9.17) is 29.6 Å². The summed E-state index contributed by atoms with van der Waals surface area (Å²) in [7, 11) is 0. The summed E-state index contributed by atoms with van der Waals surface area (Å²) >= 11 is 13.3. The highest BCUT2D eigenvalue weighted by Gasteiger charge is 2.28. The molecule has 0 aromatic heterocycles. The molecule has 0 saturated carbocycles. The second kappa shape index (κ2) is 5.27. The lowest BCUT2D eigenvalue weighted by molar-refractivity contribution is 0.648. The molecule has 1 heterocycles. The fourth-order valence-corrected chi connectivity index (χ4v) is 3.68. The van der Waals surface area contributed by atoms with Crippen LogP contribution in [0.5, 0.6) is 0 Å². The summed E-state index contributed by atoms with van der Waals surface area (Å²) in [5.41, 5.74) is 7.51. The number of nitrogens with two attached hydrogens (primary N) is 1. The van der Waals surface area contributed by atoms with Crippen LogP contribution >= 0.6 is 35.6 Å². The molecule has 1 fully saturated rings. The van der Waals surface area contributed by atoms with Crippen molar-refractivity contribution in [3.8, 4) is 0 Å². The highest BCUT2D eigenvalue weighted by molar-refractivity contribution is 8.00. The molecule has 1 aromatic carbocycles. The Hall–Kier alpha value is -0.450. The molecule has 0 unspecified atom stereocenters. The lowest BCUT2D eigenvalue weighted by Gasteiger charge is -2.39. The van der Waals surface area contributed by atoms with Gasteiger partial charge in [0.1, 0.15) is 4.99 Å². The van der Waals surface area contributed by atoms with Crippen LogP contribution in [0.3, 0.4) is 0 Å². The van der Waals surface area contributed by atoms with E-state index in [9.17, 15) is 0 Å². The molecule has 1 aliphatic rings. The number of nitrogens with zero attached hydrogens (tertiary/aromatic N) is 1. The molecule has 0 aliphatic carbocycles. The van der Waals surface area contributed by atoms with Gasteiger partial charge in [0.2, 0.25) is 0 Å². The third kappa shape index (κ3) is 3.11. The van der Waals surface area contributed by atoms with Crippen LogP contribution in [-0.4, -0.2) is 28.6 Å². The molecule has 2 nitrogen and oxygen atoms in total. The van der Waals surface area contributed by atoms with Crippen molar-refractivity contribution in [3.63, 3.8) is 0 Å². The average Bonchev–Trinajstić information content (AvgIpc) is 2.27. The van der Waals surface area contributed by atoms with Gasteiger partial charge in [-0.05, 0) is 32.0 Å². The van der Waals surface area contributed by atoms with Gasteiger partial charge >= 0.3 is 0 Å². The van der Waals surface area contributed by atoms with Gasteiger partial charge in [-0.1, -0.05) is 23.8 Å². The van der Waals surface area contributed by atoms with Gasteiger partial charge in [-0.25, -0.2) is 0 Å². The third-order valence-corrected chi connectivity index (χ3v) is 4.83. The molecule has 0 bridgehead atoms. The first-order valence-electron chi connectivity index (χ1n) is 5.87. The van der Waals surface area contributed by atoms with Crippen molar-refractivity contribution in [2.75, 3.05) is 23.7 Å². The summed E-state index contributed by atoms with van der Waals surface area (Å²) < 4.78 is 0.267. The summed E-state index contributed by atoms with van der Waals surface area (Å²) in [6.07, 6.45) is 0. The first kappa shape index (κ1) is 14.0. The Labute approximate surface area is 123 Å². The highest BCUT2D eigenvalue weighted by atomic mass is 35.5. The van der Waals surface area contributed by atoms with Crippen LogP contribution in [0.2, 0.25) is 5.02 Å². The number of halogens is 1. The van der Waals surface area contributed by atoms with Crippen LogP contribution in [0.15, 0.2) is 18.2 Å². The summed E-state index contributed by atoms with van der Waals surface area (Å²) in [5.74, 6) is 1.13. The average molecular weight is 301 g/mol. The second-order valence-corrected chi connectivity index (χ2v) is 7.71. The molecule has 1 saturated heterocycles. The van der Waals surface area contributed by atoms with Crippen molar-refractivity contribution in [3.05, 3.63) is 28.8 Å². The van der Waals surface area contributed by atoms with Crippen LogP contribution in [0.1, 0.15) is 19.4 Å². The predicted octanol–water partition coefficient (Wildman–Crippen LogP) is 3.31. The Kier molecular flexibility index (Phi) is 4.09. The van der Waals surface area contributed by atoms with Gasteiger partial charge < -0.3 is 10.6 Å². The van der Waals surface area contributed by atoms with Gasteiger partial charge in [0.15, 0.2) is 0 Å². The number of anilines is 1.